The fourth-order valence-corrected chi connectivity index (χ4v) is 1.39. The first-order valence-electron chi connectivity index (χ1n) is 3.86. The quantitative estimate of drug-likeness (QED) is 0.675. The average molecular weight is 201 g/mol. The molecule has 0 amide bonds. The molecule has 0 spiro atoms. The van der Waals surface area contributed by atoms with Crippen LogP contribution in [0.4, 0.5) is 13.2 Å². The number of alkyl halides is 3. The summed E-state index contributed by atoms with van der Waals surface area (Å²) in [6, 6.07) is 3.19. The first kappa shape index (κ1) is 8.93. The Morgan fingerprint density at radius 3 is 2.50 bits per heavy atom. The number of rotatable bonds is 0. The SMILES string of the molecule is Oc1ccc(C(F)(F)F)c2cc[nH]c12. The maximum absolute atomic E-state index is 12.4. The Hall–Kier alpha value is -1.65. The topological polar surface area (TPSA) is 36.0 Å². The first-order valence-corrected chi connectivity index (χ1v) is 3.86. The summed E-state index contributed by atoms with van der Waals surface area (Å²) in [6.07, 6.45) is -3.03. The van der Waals surface area contributed by atoms with Crippen LogP contribution in [0.1, 0.15) is 5.56 Å². The Kier molecular flexibility index (Phi) is 1.70. The minimum absolute atomic E-state index is 0.0162. The van der Waals surface area contributed by atoms with E-state index in [2.05, 4.69) is 4.98 Å². The molecular weight excluding hydrogens is 195 g/mol. The molecule has 5 heteroatoms. The largest absolute Gasteiger partial charge is 0.506 e. The number of nitrogens with one attached hydrogen (secondary N) is 1. The molecule has 0 aliphatic rings. The number of hydrogen-bond acceptors (Lipinski definition) is 1. The van der Waals surface area contributed by atoms with Gasteiger partial charge in [-0.15, -0.1) is 0 Å². The summed E-state index contributed by atoms with van der Waals surface area (Å²) in [5.74, 6) is -0.182. The van der Waals surface area contributed by atoms with Crippen molar-refractivity contribution in [2.75, 3.05) is 0 Å². The molecule has 14 heavy (non-hydrogen) atoms. The summed E-state index contributed by atoms with van der Waals surface area (Å²) in [6.45, 7) is 0. The fraction of sp³-hybridized carbons (Fsp3) is 0.111. The van der Waals surface area contributed by atoms with Crippen molar-refractivity contribution in [3.8, 4) is 5.75 Å². The third kappa shape index (κ3) is 1.21. The lowest BCUT2D eigenvalue weighted by atomic mass is 10.1. The molecule has 1 heterocycles. The van der Waals surface area contributed by atoms with Gasteiger partial charge in [-0.25, -0.2) is 0 Å². The number of halogens is 3. The highest BCUT2D eigenvalue weighted by Crippen LogP contribution is 2.37. The Balaban J connectivity index is 2.80. The molecule has 0 radical (unpaired) electrons. The lowest BCUT2D eigenvalue weighted by Crippen LogP contribution is -2.04. The van der Waals surface area contributed by atoms with Crippen molar-refractivity contribution in [1.82, 2.24) is 4.98 Å². The highest BCUT2D eigenvalue weighted by Gasteiger charge is 2.33. The van der Waals surface area contributed by atoms with Crippen LogP contribution < -0.4 is 0 Å². The van der Waals surface area contributed by atoms with Crippen LogP contribution in [0, 0.1) is 0 Å². The van der Waals surface area contributed by atoms with Gasteiger partial charge in [0, 0.05) is 11.6 Å². The molecule has 0 bridgehead atoms. The zero-order valence-electron chi connectivity index (χ0n) is 6.89. The van der Waals surface area contributed by atoms with Gasteiger partial charge in [-0.2, -0.15) is 13.2 Å². The summed E-state index contributed by atoms with van der Waals surface area (Å²) >= 11 is 0. The van der Waals surface area contributed by atoms with E-state index in [1.807, 2.05) is 0 Å². The Labute approximate surface area is 77.0 Å². The summed E-state index contributed by atoms with van der Waals surface area (Å²) in [5.41, 5.74) is -0.633. The Morgan fingerprint density at radius 2 is 1.86 bits per heavy atom. The van der Waals surface area contributed by atoms with Gasteiger partial charge < -0.3 is 10.1 Å². The van der Waals surface area contributed by atoms with Crippen molar-refractivity contribution in [3.63, 3.8) is 0 Å². The van der Waals surface area contributed by atoms with E-state index in [4.69, 9.17) is 0 Å². The standard InChI is InChI=1S/C9H6F3NO/c10-9(11,12)6-1-2-7(14)8-5(6)3-4-13-8/h1-4,13-14H. The lowest BCUT2D eigenvalue weighted by molar-refractivity contribution is -0.136. The van der Waals surface area contributed by atoms with Crippen LogP contribution in [-0.4, -0.2) is 10.1 Å². The van der Waals surface area contributed by atoms with E-state index >= 15 is 0 Å². The zero-order chi connectivity index (χ0) is 10.3. The van der Waals surface area contributed by atoms with Crippen LogP contribution in [0.2, 0.25) is 0 Å². The van der Waals surface area contributed by atoms with Gasteiger partial charge in [0.2, 0.25) is 0 Å². The summed E-state index contributed by atoms with van der Waals surface area (Å²) in [5, 5.41) is 9.24. The lowest BCUT2D eigenvalue weighted by Gasteiger charge is -2.08. The minimum atomic E-state index is -4.39. The number of H-pyrrole nitrogens is 1. The van der Waals surface area contributed by atoms with Crippen molar-refractivity contribution in [3.05, 3.63) is 30.0 Å². The van der Waals surface area contributed by atoms with Crippen LogP contribution in [0.25, 0.3) is 10.9 Å². The summed E-state index contributed by atoms with van der Waals surface area (Å²) in [4.78, 5) is 2.55. The van der Waals surface area contributed by atoms with Gasteiger partial charge in [-0.3, -0.25) is 0 Å². The van der Waals surface area contributed by atoms with Gasteiger partial charge in [-0.1, -0.05) is 0 Å². The van der Waals surface area contributed by atoms with E-state index < -0.39 is 11.7 Å². The molecule has 0 saturated carbocycles. The number of aromatic hydroxyl groups is 1. The normalized spacial score (nSPS) is 12.2. The van der Waals surface area contributed by atoms with Crippen LogP contribution >= 0.6 is 0 Å². The van der Waals surface area contributed by atoms with Crippen LogP contribution in [0.5, 0.6) is 5.75 Å². The Bertz CT molecular complexity index is 472. The van der Waals surface area contributed by atoms with Gasteiger partial charge in [0.1, 0.15) is 5.75 Å². The monoisotopic (exact) mass is 201 g/mol. The molecule has 74 valence electrons. The minimum Gasteiger partial charge on any atom is -0.506 e. The fourth-order valence-electron chi connectivity index (χ4n) is 1.39. The molecular formula is C9H6F3NO. The third-order valence-electron chi connectivity index (χ3n) is 2.01. The van der Waals surface area contributed by atoms with E-state index in [0.29, 0.717) is 0 Å². The molecule has 1 aromatic heterocycles. The zero-order valence-corrected chi connectivity index (χ0v) is 6.89. The van der Waals surface area contributed by atoms with E-state index in [-0.39, 0.29) is 16.7 Å². The predicted octanol–water partition coefficient (Wildman–Crippen LogP) is 2.89. The predicted molar refractivity (Wildman–Crippen MR) is 45.0 cm³/mol. The van der Waals surface area contributed by atoms with E-state index in [1.54, 1.807) is 0 Å². The molecule has 2 N–H and O–H groups in total. The van der Waals surface area contributed by atoms with Crippen molar-refractivity contribution in [1.29, 1.82) is 0 Å². The maximum Gasteiger partial charge on any atom is 0.417 e. The number of hydrogen-bond donors (Lipinski definition) is 2. The maximum atomic E-state index is 12.4. The smallest absolute Gasteiger partial charge is 0.417 e. The number of aromatic amines is 1. The number of phenols is 1. The van der Waals surface area contributed by atoms with Crippen LogP contribution in [0.15, 0.2) is 24.4 Å². The first-order chi connectivity index (χ1) is 6.50. The second kappa shape index (κ2) is 2.67. The Morgan fingerprint density at radius 1 is 1.14 bits per heavy atom. The third-order valence-corrected chi connectivity index (χ3v) is 2.01. The average Bonchev–Trinajstić information content (AvgIpc) is 2.50. The van der Waals surface area contributed by atoms with E-state index in [0.717, 1.165) is 12.1 Å². The van der Waals surface area contributed by atoms with Gasteiger partial charge in [0.15, 0.2) is 0 Å². The van der Waals surface area contributed by atoms with E-state index in [9.17, 15) is 18.3 Å². The molecule has 0 aliphatic heterocycles. The highest BCUT2D eigenvalue weighted by molar-refractivity contribution is 5.88. The summed E-state index contributed by atoms with van der Waals surface area (Å²) in [7, 11) is 0. The molecule has 1 aromatic carbocycles. The van der Waals surface area contributed by atoms with Crippen molar-refractivity contribution >= 4 is 10.9 Å². The second-order valence-corrected chi connectivity index (χ2v) is 2.90. The van der Waals surface area contributed by atoms with E-state index in [1.165, 1.54) is 12.3 Å². The van der Waals surface area contributed by atoms with Gasteiger partial charge >= 0.3 is 6.18 Å². The summed E-state index contributed by atoms with van der Waals surface area (Å²) < 4.78 is 37.3. The molecule has 0 unspecified atom stereocenters. The highest BCUT2D eigenvalue weighted by atomic mass is 19.4. The molecule has 0 saturated heterocycles. The molecule has 0 aliphatic carbocycles. The number of phenolic OH excluding ortho intramolecular Hbond substituents is 1. The van der Waals surface area contributed by atoms with Gasteiger partial charge in [0.25, 0.3) is 0 Å². The van der Waals surface area contributed by atoms with Crippen molar-refractivity contribution in [2.24, 2.45) is 0 Å². The second-order valence-electron chi connectivity index (χ2n) is 2.90. The van der Waals surface area contributed by atoms with Gasteiger partial charge in [-0.05, 0) is 18.2 Å². The molecule has 2 rings (SSSR count). The van der Waals surface area contributed by atoms with Crippen LogP contribution in [0.3, 0.4) is 0 Å². The van der Waals surface area contributed by atoms with Crippen molar-refractivity contribution in [2.45, 2.75) is 6.18 Å². The molecule has 0 atom stereocenters. The van der Waals surface area contributed by atoms with Gasteiger partial charge in [0.05, 0.1) is 11.1 Å². The van der Waals surface area contributed by atoms with Crippen molar-refractivity contribution < 1.29 is 18.3 Å². The van der Waals surface area contributed by atoms with Crippen LogP contribution in [-0.2, 0) is 6.18 Å². The number of aromatic nitrogens is 1. The molecule has 0 fully saturated rings. The number of benzene rings is 1. The molecule has 2 nitrogen and oxygen atoms in total. The number of fused-ring (bicyclic) bond motifs is 1. The molecule has 2 aromatic rings.